The van der Waals surface area contributed by atoms with E-state index in [1.54, 1.807) is 31.2 Å². The van der Waals surface area contributed by atoms with Crippen LogP contribution in [-0.2, 0) is 19.1 Å². The van der Waals surface area contributed by atoms with Gasteiger partial charge in [-0.3, -0.25) is 4.79 Å². The Kier molecular flexibility index (Phi) is 8.66. The molecular formula is C27H27BrO5. The third kappa shape index (κ3) is 6.68. The number of para-hydroxylation sites is 1. The summed E-state index contributed by atoms with van der Waals surface area (Å²) in [6, 6.07) is 23.8. The fraction of sp³-hybridized carbons (Fsp3) is 0.259. The van der Waals surface area contributed by atoms with E-state index in [0.717, 1.165) is 10.0 Å². The van der Waals surface area contributed by atoms with Crippen LogP contribution < -0.4 is 4.74 Å². The van der Waals surface area contributed by atoms with Gasteiger partial charge >= 0.3 is 11.9 Å². The lowest BCUT2D eigenvalue weighted by molar-refractivity contribution is -0.169. The summed E-state index contributed by atoms with van der Waals surface area (Å²) in [4.78, 5) is 25.9. The highest BCUT2D eigenvalue weighted by molar-refractivity contribution is 9.10. The first-order valence-electron chi connectivity index (χ1n) is 10.8. The summed E-state index contributed by atoms with van der Waals surface area (Å²) in [6.07, 6.45) is -1.17. The van der Waals surface area contributed by atoms with Crippen LogP contribution in [0, 0.1) is 5.92 Å². The van der Waals surface area contributed by atoms with Gasteiger partial charge < -0.3 is 14.2 Å². The summed E-state index contributed by atoms with van der Waals surface area (Å²) >= 11 is 3.41. The number of esters is 2. The normalized spacial score (nSPS) is 12.6. The van der Waals surface area contributed by atoms with Gasteiger partial charge in [0.2, 0.25) is 6.10 Å². The van der Waals surface area contributed by atoms with Crippen molar-refractivity contribution in [3.63, 3.8) is 0 Å². The molecular weight excluding hydrogens is 484 g/mol. The number of carbonyl (C=O) groups excluding carboxylic acids is 2. The molecule has 0 saturated carbocycles. The molecule has 0 radical (unpaired) electrons. The quantitative estimate of drug-likeness (QED) is 0.295. The second kappa shape index (κ2) is 11.7. The van der Waals surface area contributed by atoms with E-state index in [9.17, 15) is 9.59 Å². The van der Waals surface area contributed by atoms with Crippen molar-refractivity contribution < 1.29 is 23.8 Å². The summed E-state index contributed by atoms with van der Waals surface area (Å²) in [5.41, 5.74) is 1.34. The molecule has 0 aromatic heterocycles. The summed E-state index contributed by atoms with van der Waals surface area (Å²) in [6.45, 7) is 5.79. The van der Waals surface area contributed by atoms with Crippen molar-refractivity contribution in [2.75, 3.05) is 6.61 Å². The summed E-state index contributed by atoms with van der Waals surface area (Å²) in [7, 11) is 0. The smallest absolute Gasteiger partial charge is 0.352 e. The van der Waals surface area contributed by atoms with Crippen molar-refractivity contribution in [2.45, 2.75) is 32.8 Å². The lowest BCUT2D eigenvalue weighted by Gasteiger charge is -2.24. The molecule has 172 valence electrons. The van der Waals surface area contributed by atoms with Crippen LogP contribution in [0.25, 0.3) is 0 Å². The molecule has 2 atom stereocenters. The Morgan fingerprint density at radius 1 is 0.788 bits per heavy atom. The van der Waals surface area contributed by atoms with Crippen LogP contribution in [0.3, 0.4) is 0 Å². The van der Waals surface area contributed by atoms with Crippen LogP contribution in [0.4, 0.5) is 0 Å². The fourth-order valence-electron chi connectivity index (χ4n) is 3.46. The summed E-state index contributed by atoms with van der Waals surface area (Å²) in [5.74, 6) is -0.323. The second-order valence-corrected chi connectivity index (χ2v) is 8.74. The molecule has 0 bridgehead atoms. The topological polar surface area (TPSA) is 61.8 Å². The SMILES string of the molecule is CCOC(=O)C(OC(=O)C(c1ccc(Br)cc1)C(C)C)c1ccc(Oc2ccccc2)cc1. The van der Waals surface area contributed by atoms with E-state index in [2.05, 4.69) is 15.9 Å². The first-order valence-corrected chi connectivity index (χ1v) is 11.6. The first kappa shape index (κ1) is 24.5. The lowest BCUT2D eigenvalue weighted by atomic mass is 9.88. The molecule has 0 aliphatic carbocycles. The van der Waals surface area contributed by atoms with Gasteiger partial charge in [0.05, 0.1) is 12.5 Å². The van der Waals surface area contributed by atoms with E-state index in [0.29, 0.717) is 17.1 Å². The van der Waals surface area contributed by atoms with Gasteiger partial charge in [-0.15, -0.1) is 0 Å². The van der Waals surface area contributed by atoms with Crippen LogP contribution in [-0.4, -0.2) is 18.5 Å². The number of rotatable bonds is 9. The Labute approximate surface area is 202 Å². The average molecular weight is 511 g/mol. The van der Waals surface area contributed by atoms with Gasteiger partial charge in [-0.1, -0.05) is 72.2 Å². The zero-order valence-corrected chi connectivity index (χ0v) is 20.4. The maximum Gasteiger partial charge on any atom is 0.352 e. The highest BCUT2D eigenvalue weighted by Crippen LogP contribution is 2.31. The molecule has 0 fully saturated rings. The number of hydrogen-bond donors (Lipinski definition) is 0. The maximum absolute atomic E-state index is 13.2. The van der Waals surface area contributed by atoms with Crippen LogP contribution in [0.15, 0.2) is 83.3 Å². The van der Waals surface area contributed by atoms with Crippen LogP contribution in [0.2, 0.25) is 0 Å². The molecule has 0 saturated heterocycles. The van der Waals surface area contributed by atoms with Gasteiger partial charge in [-0.05, 0) is 54.8 Å². The predicted molar refractivity (Wildman–Crippen MR) is 130 cm³/mol. The standard InChI is InChI=1S/C27H27BrO5/c1-4-31-27(30)25(20-12-16-23(17-13-20)32-22-8-6-5-7-9-22)33-26(29)24(18(2)3)19-10-14-21(28)15-11-19/h5-18,24-25H,4H2,1-3H3. The highest BCUT2D eigenvalue weighted by Gasteiger charge is 2.32. The van der Waals surface area contributed by atoms with Crippen molar-refractivity contribution >= 4 is 27.9 Å². The van der Waals surface area contributed by atoms with E-state index in [1.807, 2.05) is 68.4 Å². The molecule has 2 unspecified atom stereocenters. The van der Waals surface area contributed by atoms with Crippen molar-refractivity contribution in [2.24, 2.45) is 5.92 Å². The molecule has 0 aliphatic rings. The Morgan fingerprint density at radius 2 is 1.36 bits per heavy atom. The van der Waals surface area contributed by atoms with E-state index in [1.165, 1.54) is 0 Å². The van der Waals surface area contributed by atoms with Crippen LogP contribution >= 0.6 is 15.9 Å². The average Bonchev–Trinajstić information content (AvgIpc) is 2.80. The molecule has 5 nitrogen and oxygen atoms in total. The van der Waals surface area contributed by atoms with Gasteiger partial charge in [0.1, 0.15) is 11.5 Å². The molecule has 3 aromatic carbocycles. The number of hydrogen-bond acceptors (Lipinski definition) is 5. The minimum absolute atomic E-state index is 0.0248. The Hall–Kier alpha value is -3.12. The minimum Gasteiger partial charge on any atom is -0.463 e. The van der Waals surface area contributed by atoms with E-state index >= 15 is 0 Å². The van der Waals surface area contributed by atoms with Gasteiger partial charge in [-0.25, -0.2) is 4.79 Å². The first-order chi connectivity index (χ1) is 15.9. The number of benzene rings is 3. The highest BCUT2D eigenvalue weighted by atomic mass is 79.9. The zero-order chi connectivity index (χ0) is 23.8. The summed E-state index contributed by atoms with van der Waals surface area (Å²) < 4.78 is 17.7. The van der Waals surface area contributed by atoms with E-state index in [-0.39, 0.29) is 12.5 Å². The van der Waals surface area contributed by atoms with Crippen molar-refractivity contribution in [1.82, 2.24) is 0 Å². The Morgan fingerprint density at radius 3 is 1.94 bits per heavy atom. The molecule has 0 N–H and O–H groups in total. The predicted octanol–water partition coefficient (Wildman–Crippen LogP) is 6.83. The largest absolute Gasteiger partial charge is 0.463 e. The minimum atomic E-state index is -1.17. The molecule has 0 amide bonds. The fourth-order valence-corrected chi connectivity index (χ4v) is 3.72. The van der Waals surface area contributed by atoms with Gasteiger partial charge in [0, 0.05) is 10.0 Å². The molecule has 0 heterocycles. The van der Waals surface area contributed by atoms with Gasteiger partial charge in [0.15, 0.2) is 0 Å². The number of carbonyl (C=O) groups is 2. The third-order valence-corrected chi connectivity index (χ3v) is 5.57. The third-order valence-electron chi connectivity index (χ3n) is 5.05. The molecule has 6 heteroatoms. The molecule has 0 spiro atoms. The van der Waals surface area contributed by atoms with Crippen LogP contribution in [0.1, 0.15) is 43.9 Å². The lowest BCUT2D eigenvalue weighted by Crippen LogP contribution is -2.27. The van der Waals surface area contributed by atoms with Crippen molar-refractivity contribution in [3.05, 3.63) is 94.5 Å². The maximum atomic E-state index is 13.2. The summed E-state index contributed by atoms with van der Waals surface area (Å²) in [5, 5.41) is 0. The monoisotopic (exact) mass is 510 g/mol. The molecule has 3 rings (SSSR count). The Bertz CT molecular complexity index is 1050. The van der Waals surface area contributed by atoms with Gasteiger partial charge in [-0.2, -0.15) is 0 Å². The number of halogens is 1. The van der Waals surface area contributed by atoms with Crippen LogP contribution in [0.5, 0.6) is 11.5 Å². The molecule has 33 heavy (non-hydrogen) atoms. The van der Waals surface area contributed by atoms with Crippen molar-refractivity contribution in [1.29, 1.82) is 0 Å². The van der Waals surface area contributed by atoms with Crippen molar-refractivity contribution in [3.8, 4) is 11.5 Å². The second-order valence-electron chi connectivity index (χ2n) is 7.83. The van der Waals surface area contributed by atoms with E-state index < -0.39 is 24.0 Å². The Balaban J connectivity index is 1.82. The van der Waals surface area contributed by atoms with Gasteiger partial charge in [0.25, 0.3) is 0 Å². The zero-order valence-electron chi connectivity index (χ0n) is 18.9. The van der Waals surface area contributed by atoms with E-state index in [4.69, 9.17) is 14.2 Å². The molecule has 3 aromatic rings. The number of ether oxygens (including phenoxy) is 3. The molecule has 0 aliphatic heterocycles.